The molecule has 1 saturated heterocycles. The Kier molecular flexibility index (Phi) is 4.12. The fraction of sp³-hybridized carbons (Fsp3) is 0.357. The minimum Gasteiger partial charge on any atom is -0.458 e. The predicted molar refractivity (Wildman–Crippen MR) is 71.2 cm³/mol. The summed E-state index contributed by atoms with van der Waals surface area (Å²) in [7, 11) is -3.98. The molecule has 1 aromatic rings. The lowest BCUT2D eigenvalue weighted by Crippen LogP contribution is -2.30. The van der Waals surface area contributed by atoms with Gasteiger partial charge in [-0.15, -0.1) is 6.42 Å². The fourth-order valence-electron chi connectivity index (χ4n) is 1.85. The van der Waals surface area contributed by atoms with Gasteiger partial charge in [-0.25, -0.2) is 4.18 Å². The first-order chi connectivity index (χ1) is 9.42. The van der Waals surface area contributed by atoms with Gasteiger partial charge in [0, 0.05) is 6.42 Å². The van der Waals surface area contributed by atoms with Crippen LogP contribution < -0.4 is 0 Å². The Labute approximate surface area is 118 Å². The Balaban J connectivity index is 2.16. The molecule has 0 aromatic heterocycles. The molecular formula is C14H14O5S. The van der Waals surface area contributed by atoms with Gasteiger partial charge in [-0.2, -0.15) is 8.42 Å². The average Bonchev–Trinajstić information content (AvgIpc) is 2.83. The van der Waals surface area contributed by atoms with Gasteiger partial charge in [0.25, 0.3) is 10.1 Å². The van der Waals surface area contributed by atoms with Gasteiger partial charge in [-0.1, -0.05) is 23.6 Å². The molecule has 1 fully saturated rings. The third-order valence-corrected chi connectivity index (χ3v) is 4.27. The van der Waals surface area contributed by atoms with E-state index >= 15 is 0 Å². The standard InChI is InChI=1S/C14H14O5S/c1-3-12(13-8-9-14(15)18-13)19-20(16,17)11-6-4-10(2)5-7-11/h1,4-7,12-13H,8-9H2,2H3/t12-,13+/m1/s1. The zero-order valence-corrected chi connectivity index (χ0v) is 11.7. The number of carbonyl (C=O) groups excluding carboxylic acids is 1. The molecule has 0 bridgehead atoms. The van der Waals surface area contributed by atoms with Crippen molar-refractivity contribution in [2.45, 2.75) is 36.9 Å². The van der Waals surface area contributed by atoms with Crippen LogP contribution in [0.5, 0.6) is 0 Å². The molecular weight excluding hydrogens is 280 g/mol. The van der Waals surface area contributed by atoms with E-state index in [-0.39, 0.29) is 11.3 Å². The Bertz CT molecular complexity index is 639. The molecule has 2 atom stereocenters. The molecule has 0 aliphatic carbocycles. The Morgan fingerprint density at radius 2 is 2.05 bits per heavy atom. The largest absolute Gasteiger partial charge is 0.458 e. The molecule has 1 aliphatic rings. The van der Waals surface area contributed by atoms with E-state index in [9.17, 15) is 13.2 Å². The second-order valence-electron chi connectivity index (χ2n) is 4.52. The molecule has 6 heteroatoms. The van der Waals surface area contributed by atoms with E-state index < -0.39 is 28.3 Å². The molecule has 0 saturated carbocycles. The Morgan fingerprint density at radius 1 is 1.40 bits per heavy atom. The topological polar surface area (TPSA) is 69.7 Å². The SMILES string of the molecule is C#C[C@@H](OS(=O)(=O)c1ccc(C)cc1)[C@@H]1CCC(=O)O1. The Hall–Kier alpha value is -1.84. The van der Waals surface area contributed by atoms with Crippen molar-refractivity contribution in [3.05, 3.63) is 29.8 Å². The zero-order valence-electron chi connectivity index (χ0n) is 10.9. The second-order valence-corrected chi connectivity index (χ2v) is 6.09. The van der Waals surface area contributed by atoms with Crippen LogP contribution in [-0.2, 0) is 23.8 Å². The van der Waals surface area contributed by atoms with Crippen molar-refractivity contribution >= 4 is 16.1 Å². The van der Waals surface area contributed by atoms with Crippen LogP contribution in [-0.4, -0.2) is 26.6 Å². The third kappa shape index (κ3) is 3.18. The molecule has 1 aliphatic heterocycles. The second kappa shape index (κ2) is 5.65. The lowest BCUT2D eigenvalue weighted by molar-refractivity contribution is -0.143. The van der Waals surface area contributed by atoms with Crippen LogP contribution in [0.3, 0.4) is 0 Å². The number of benzene rings is 1. The first-order valence-corrected chi connectivity index (χ1v) is 7.49. The van der Waals surface area contributed by atoms with E-state index in [0.29, 0.717) is 6.42 Å². The maximum absolute atomic E-state index is 12.1. The highest BCUT2D eigenvalue weighted by molar-refractivity contribution is 7.86. The highest BCUT2D eigenvalue weighted by atomic mass is 32.2. The number of hydrogen-bond donors (Lipinski definition) is 0. The number of cyclic esters (lactones) is 1. The molecule has 1 heterocycles. The quantitative estimate of drug-likeness (QED) is 0.477. The van der Waals surface area contributed by atoms with E-state index in [4.69, 9.17) is 15.3 Å². The molecule has 0 N–H and O–H groups in total. The van der Waals surface area contributed by atoms with Crippen LogP contribution in [0.15, 0.2) is 29.2 Å². The maximum atomic E-state index is 12.1. The van der Waals surface area contributed by atoms with Crippen molar-refractivity contribution in [2.75, 3.05) is 0 Å². The van der Waals surface area contributed by atoms with Gasteiger partial charge in [-0.05, 0) is 25.5 Å². The summed E-state index contributed by atoms with van der Waals surface area (Å²) in [5.41, 5.74) is 0.933. The number of rotatable bonds is 4. The van der Waals surface area contributed by atoms with Crippen LogP contribution in [0.2, 0.25) is 0 Å². The predicted octanol–water partition coefficient (Wildman–Crippen LogP) is 1.41. The number of carbonyl (C=O) groups is 1. The molecule has 0 amide bonds. The number of aryl methyl sites for hydroxylation is 1. The van der Waals surface area contributed by atoms with E-state index in [2.05, 4.69) is 5.92 Å². The van der Waals surface area contributed by atoms with Crippen LogP contribution in [0, 0.1) is 19.3 Å². The maximum Gasteiger partial charge on any atom is 0.306 e. The number of ether oxygens (including phenoxy) is 1. The van der Waals surface area contributed by atoms with Gasteiger partial charge < -0.3 is 4.74 Å². The highest BCUT2D eigenvalue weighted by Crippen LogP contribution is 2.23. The van der Waals surface area contributed by atoms with Crippen molar-refractivity contribution < 1.29 is 22.1 Å². The summed E-state index contributed by atoms with van der Waals surface area (Å²) in [5.74, 6) is 1.83. The molecule has 0 unspecified atom stereocenters. The molecule has 0 radical (unpaired) electrons. The normalized spacial score (nSPS) is 20.2. The third-order valence-electron chi connectivity index (χ3n) is 2.96. The van der Waals surface area contributed by atoms with Crippen LogP contribution >= 0.6 is 0 Å². The lowest BCUT2D eigenvalue weighted by Gasteiger charge is -2.17. The van der Waals surface area contributed by atoms with E-state index in [1.807, 2.05) is 6.92 Å². The van der Waals surface area contributed by atoms with Crippen molar-refractivity contribution in [1.82, 2.24) is 0 Å². The molecule has 0 spiro atoms. The van der Waals surface area contributed by atoms with Crippen LogP contribution in [0.4, 0.5) is 0 Å². The summed E-state index contributed by atoms with van der Waals surface area (Å²) < 4.78 is 34.1. The van der Waals surface area contributed by atoms with Crippen molar-refractivity contribution in [3.63, 3.8) is 0 Å². The van der Waals surface area contributed by atoms with Gasteiger partial charge in [0.1, 0.15) is 6.10 Å². The summed E-state index contributed by atoms with van der Waals surface area (Å²) in [6.45, 7) is 1.85. The molecule has 106 valence electrons. The van der Waals surface area contributed by atoms with Crippen molar-refractivity contribution in [3.8, 4) is 12.3 Å². The van der Waals surface area contributed by atoms with Crippen molar-refractivity contribution in [2.24, 2.45) is 0 Å². The molecule has 20 heavy (non-hydrogen) atoms. The lowest BCUT2D eigenvalue weighted by atomic mass is 10.1. The Morgan fingerprint density at radius 3 is 2.55 bits per heavy atom. The average molecular weight is 294 g/mol. The summed E-state index contributed by atoms with van der Waals surface area (Å²) >= 11 is 0. The fourth-order valence-corrected chi connectivity index (χ4v) is 2.89. The minimum atomic E-state index is -3.98. The highest BCUT2D eigenvalue weighted by Gasteiger charge is 2.34. The van der Waals surface area contributed by atoms with Gasteiger partial charge in [0.05, 0.1) is 4.90 Å². The van der Waals surface area contributed by atoms with E-state index in [0.717, 1.165) is 5.56 Å². The van der Waals surface area contributed by atoms with Gasteiger partial charge in [0.2, 0.25) is 0 Å². The summed E-state index contributed by atoms with van der Waals surface area (Å²) in [4.78, 5) is 11.1. The molecule has 1 aromatic carbocycles. The number of hydrogen-bond acceptors (Lipinski definition) is 5. The first-order valence-electron chi connectivity index (χ1n) is 6.08. The van der Waals surface area contributed by atoms with E-state index in [1.165, 1.54) is 12.1 Å². The van der Waals surface area contributed by atoms with Crippen LogP contribution in [0.25, 0.3) is 0 Å². The first kappa shape index (κ1) is 14.6. The summed E-state index contributed by atoms with van der Waals surface area (Å²) in [5, 5.41) is 0. The molecule has 2 rings (SSSR count). The van der Waals surface area contributed by atoms with E-state index in [1.54, 1.807) is 12.1 Å². The smallest absolute Gasteiger partial charge is 0.306 e. The van der Waals surface area contributed by atoms with Crippen LogP contribution in [0.1, 0.15) is 18.4 Å². The van der Waals surface area contributed by atoms with Gasteiger partial charge in [-0.3, -0.25) is 4.79 Å². The number of esters is 1. The van der Waals surface area contributed by atoms with Gasteiger partial charge >= 0.3 is 5.97 Å². The van der Waals surface area contributed by atoms with Crippen molar-refractivity contribution in [1.29, 1.82) is 0 Å². The monoisotopic (exact) mass is 294 g/mol. The minimum absolute atomic E-state index is 0.0210. The van der Waals surface area contributed by atoms with Gasteiger partial charge in [0.15, 0.2) is 6.10 Å². The summed E-state index contributed by atoms with van der Waals surface area (Å²) in [6, 6.07) is 6.21. The zero-order chi connectivity index (χ0) is 14.8. The molecule has 5 nitrogen and oxygen atoms in total. The summed E-state index contributed by atoms with van der Waals surface area (Å²) in [6.07, 6.45) is 4.03. The number of terminal acetylenes is 1.